The SMILES string of the molecule is CCCCCCCCCCCCCCCCCCCC(=O)NCCCN(CCCNC(=O)CCCCCCCCCCCCCCCCCCC)C(=O)/C=C\C(=O)N[C@@H](CCCN=C(N)N)C(N)=O. The Labute approximate surface area is 422 Å². The molecule has 0 saturated carbocycles. The third-order valence-electron chi connectivity index (χ3n) is 13.2. The molecule has 13 nitrogen and oxygen atoms in total. The van der Waals surface area contributed by atoms with Crippen molar-refractivity contribution < 1.29 is 24.0 Å². The number of carbonyl (C=O) groups is 5. The number of amides is 5. The predicted molar refractivity (Wildman–Crippen MR) is 290 cm³/mol. The number of nitrogens with zero attached hydrogens (tertiary/aromatic N) is 2. The molecule has 5 amide bonds. The van der Waals surface area contributed by atoms with Crippen LogP contribution in [0, 0.1) is 0 Å². The normalized spacial score (nSPS) is 11.7. The number of carbonyl (C=O) groups excluding carboxylic acids is 5. The summed E-state index contributed by atoms with van der Waals surface area (Å²) >= 11 is 0. The van der Waals surface area contributed by atoms with Gasteiger partial charge >= 0.3 is 0 Å². The number of hydrogen-bond acceptors (Lipinski definition) is 6. The van der Waals surface area contributed by atoms with E-state index < -0.39 is 17.9 Å². The van der Waals surface area contributed by atoms with Crippen molar-refractivity contribution in [1.82, 2.24) is 20.9 Å². The van der Waals surface area contributed by atoms with Crippen LogP contribution in [-0.4, -0.2) is 79.2 Å². The van der Waals surface area contributed by atoms with Crippen LogP contribution in [0.25, 0.3) is 0 Å². The minimum Gasteiger partial charge on any atom is -0.370 e. The predicted octanol–water partition coefficient (Wildman–Crippen LogP) is 11.5. The smallest absolute Gasteiger partial charge is 0.246 e. The molecule has 0 bridgehead atoms. The molecule has 0 saturated heterocycles. The summed E-state index contributed by atoms with van der Waals surface area (Å²) in [7, 11) is 0. The van der Waals surface area contributed by atoms with Crippen LogP contribution in [0.15, 0.2) is 17.1 Å². The van der Waals surface area contributed by atoms with Gasteiger partial charge in [0.25, 0.3) is 0 Å². The number of aliphatic imine (C=N–C) groups is 1. The molecule has 0 spiro atoms. The second-order valence-electron chi connectivity index (χ2n) is 19.8. The van der Waals surface area contributed by atoms with E-state index in [1.165, 1.54) is 186 Å². The maximum atomic E-state index is 13.3. The summed E-state index contributed by atoms with van der Waals surface area (Å²) in [6.07, 6.45) is 49.2. The van der Waals surface area contributed by atoms with Gasteiger partial charge in [-0.1, -0.05) is 219 Å². The van der Waals surface area contributed by atoms with E-state index in [1.54, 1.807) is 4.90 Å². The van der Waals surface area contributed by atoms with Crippen molar-refractivity contribution in [2.24, 2.45) is 22.2 Å². The largest absolute Gasteiger partial charge is 0.370 e. The van der Waals surface area contributed by atoms with Gasteiger partial charge in [0.1, 0.15) is 6.04 Å². The van der Waals surface area contributed by atoms with Gasteiger partial charge in [0, 0.05) is 57.7 Å². The molecule has 0 aliphatic heterocycles. The summed E-state index contributed by atoms with van der Waals surface area (Å²) in [5.41, 5.74) is 16.2. The van der Waals surface area contributed by atoms with Gasteiger partial charge in [0.05, 0.1) is 0 Å². The van der Waals surface area contributed by atoms with E-state index in [-0.39, 0.29) is 36.6 Å². The van der Waals surface area contributed by atoms with E-state index in [1.807, 2.05) is 0 Å². The fourth-order valence-corrected chi connectivity index (χ4v) is 8.79. The fourth-order valence-electron chi connectivity index (χ4n) is 8.79. The maximum Gasteiger partial charge on any atom is 0.246 e. The first-order valence-corrected chi connectivity index (χ1v) is 28.8. The van der Waals surface area contributed by atoms with E-state index in [2.05, 4.69) is 34.8 Å². The second-order valence-corrected chi connectivity index (χ2v) is 19.8. The maximum absolute atomic E-state index is 13.3. The number of nitrogens with one attached hydrogen (secondary N) is 3. The average Bonchev–Trinajstić information content (AvgIpc) is 3.32. The molecule has 9 N–H and O–H groups in total. The number of nitrogens with two attached hydrogens (primary N) is 3. The van der Waals surface area contributed by atoms with Crippen LogP contribution >= 0.6 is 0 Å². The Morgan fingerprint density at radius 2 is 0.783 bits per heavy atom. The highest BCUT2D eigenvalue weighted by Gasteiger charge is 2.17. The van der Waals surface area contributed by atoms with Crippen molar-refractivity contribution >= 4 is 35.5 Å². The van der Waals surface area contributed by atoms with Gasteiger partial charge in [-0.05, 0) is 38.5 Å². The van der Waals surface area contributed by atoms with Crippen LogP contribution < -0.4 is 33.2 Å². The summed E-state index contributed by atoms with van der Waals surface area (Å²) < 4.78 is 0. The van der Waals surface area contributed by atoms with Crippen molar-refractivity contribution in [3.8, 4) is 0 Å². The number of primary amides is 1. The minimum absolute atomic E-state index is 0.0232. The van der Waals surface area contributed by atoms with Gasteiger partial charge in [0.2, 0.25) is 29.5 Å². The lowest BCUT2D eigenvalue weighted by atomic mass is 10.0. The van der Waals surface area contributed by atoms with Crippen LogP contribution in [0.2, 0.25) is 0 Å². The Kier molecular flexibility index (Phi) is 48.1. The van der Waals surface area contributed by atoms with Crippen LogP contribution in [0.1, 0.15) is 271 Å². The molecule has 0 aromatic rings. The molecule has 0 unspecified atom stereocenters. The molecule has 0 aliphatic rings. The quantitative estimate of drug-likeness (QED) is 0.0150. The highest BCUT2D eigenvalue weighted by atomic mass is 16.2. The van der Waals surface area contributed by atoms with Crippen LogP contribution in [0.4, 0.5) is 0 Å². The summed E-state index contributed by atoms with van der Waals surface area (Å²) in [6.45, 7) is 6.42. The van der Waals surface area contributed by atoms with Crippen molar-refractivity contribution in [2.45, 2.75) is 277 Å². The first kappa shape index (κ1) is 65.4. The van der Waals surface area contributed by atoms with Gasteiger partial charge in [0.15, 0.2) is 5.96 Å². The number of hydrogen-bond donors (Lipinski definition) is 6. The molecule has 0 aromatic heterocycles. The van der Waals surface area contributed by atoms with Gasteiger partial charge in [-0.2, -0.15) is 0 Å². The first-order valence-electron chi connectivity index (χ1n) is 28.8. The van der Waals surface area contributed by atoms with Gasteiger partial charge in [-0.15, -0.1) is 0 Å². The standard InChI is InChI=1S/C56H108N8O5/c1-3-5-7-9-11-13-15-17-19-21-23-25-27-29-31-33-35-41-51(65)60-46-38-48-64(54(68)44-43-53(67)63-50(55(57)69)40-37-45-62-56(58)59)49-39-47-61-52(66)42-36-34-32-30-28-26-24-22-20-18-16-14-12-10-8-6-4-2/h43-44,50H,3-42,45-49H2,1-2H3,(H2,57,69)(H,60,65)(H,61,66)(H,63,67)(H4,58,59,62)/b44-43-/t50-/m0/s1. The molecule has 0 rings (SSSR count). The van der Waals surface area contributed by atoms with Gasteiger partial charge in [-0.25, -0.2) is 0 Å². The number of guanidine groups is 1. The lowest BCUT2D eigenvalue weighted by Gasteiger charge is -2.21. The molecule has 69 heavy (non-hydrogen) atoms. The molecule has 0 aromatic carbocycles. The van der Waals surface area contributed by atoms with Crippen LogP contribution in [-0.2, 0) is 24.0 Å². The summed E-state index contributed by atoms with van der Waals surface area (Å²) in [6, 6.07) is -0.942. The third-order valence-corrected chi connectivity index (χ3v) is 13.2. The topological polar surface area (TPSA) is 215 Å². The zero-order valence-electron chi connectivity index (χ0n) is 44.7. The monoisotopic (exact) mass is 973 g/mol. The van der Waals surface area contributed by atoms with Gasteiger partial charge < -0.3 is 38.1 Å². The van der Waals surface area contributed by atoms with E-state index in [0.717, 1.165) is 44.6 Å². The molecule has 1 atom stereocenters. The van der Waals surface area contributed by atoms with E-state index in [9.17, 15) is 24.0 Å². The molecule has 0 heterocycles. The van der Waals surface area contributed by atoms with Crippen LogP contribution in [0.5, 0.6) is 0 Å². The zero-order valence-corrected chi connectivity index (χ0v) is 44.7. The number of rotatable bonds is 52. The lowest BCUT2D eigenvalue weighted by molar-refractivity contribution is -0.126. The van der Waals surface area contributed by atoms with Crippen molar-refractivity contribution in [1.29, 1.82) is 0 Å². The molecule has 13 heteroatoms. The van der Waals surface area contributed by atoms with E-state index >= 15 is 0 Å². The molecule has 402 valence electrons. The van der Waals surface area contributed by atoms with Gasteiger partial charge in [-0.3, -0.25) is 29.0 Å². The van der Waals surface area contributed by atoms with Crippen molar-refractivity contribution in [2.75, 3.05) is 32.7 Å². The Balaban J connectivity index is 4.52. The summed E-state index contributed by atoms with van der Waals surface area (Å²) in [5.74, 6) is -1.72. The van der Waals surface area contributed by atoms with Crippen LogP contribution in [0.3, 0.4) is 0 Å². The minimum atomic E-state index is -0.942. The molecular weight excluding hydrogens is 865 g/mol. The Hall–Kier alpha value is -3.64. The first-order chi connectivity index (χ1) is 33.6. The second kappa shape index (κ2) is 50.7. The molecule has 0 fully saturated rings. The Morgan fingerprint density at radius 3 is 1.10 bits per heavy atom. The Morgan fingerprint density at radius 1 is 0.449 bits per heavy atom. The Bertz CT molecular complexity index is 1250. The highest BCUT2D eigenvalue weighted by Crippen LogP contribution is 2.16. The third kappa shape index (κ3) is 47.8. The zero-order chi connectivity index (χ0) is 50.7. The summed E-state index contributed by atoms with van der Waals surface area (Å²) in [4.78, 5) is 68.6. The molecule has 0 radical (unpaired) electrons. The lowest BCUT2D eigenvalue weighted by Crippen LogP contribution is -2.44. The average molecular weight is 974 g/mol. The fraction of sp³-hybridized carbons (Fsp3) is 0.857. The van der Waals surface area contributed by atoms with E-state index in [0.29, 0.717) is 58.3 Å². The highest BCUT2D eigenvalue weighted by molar-refractivity contribution is 5.98. The molecular formula is C56H108N8O5. The number of unbranched alkanes of at least 4 members (excludes halogenated alkanes) is 32. The van der Waals surface area contributed by atoms with Crippen molar-refractivity contribution in [3.63, 3.8) is 0 Å². The molecule has 0 aliphatic carbocycles. The van der Waals surface area contributed by atoms with Crippen molar-refractivity contribution in [3.05, 3.63) is 12.2 Å². The van der Waals surface area contributed by atoms with E-state index in [4.69, 9.17) is 17.2 Å². The summed E-state index contributed by atoms with van der Waals surface area (Å²) in [5, 5.41) is 8.55.